The summed E-state index contributed by atoms with van der Waals surface area (Å²) in [5, 5.41) is 0. The number of likely N-dealkylation sites (tertiary alicyclic amines) is 1. The van der Waals surface area contributed by atoms with Gasteiger partial charge in [0.1, 0.15) is 15.8 Å². The maximum Gasteiger partial charge on any atom is 0.266 e. The van der Waals surface area contributed by atoms with Crippen molar-refractivity contribution in [3.05, 3.63) is 58.9 Å². The highest BCUT2D eigenvalue weighted by atomic mass is 32.2. The molecule has 0 aliphatic carbocycles. The fourth-order valence-electron chi connectivity index (χ4n) is 3.39. The molecular formula is C22H22N2O4S2. The van der Waals surface area contributed by atoms with Gasteiger partial charge in [0.25, 0.3) is 11.8 Å². The minimum Gasteiger partial charge on any atom is -0.484 e. The number of rotatable bonds is 6. The molecule has 30 heavy (non-hydrogen) atoms. The molecule has 3 heterocycles. The first kappa shape index (κ1) is 20.7. The average Bonchev–Trinajstić information content (AvgIpc) is 3.38. The van der Waals surface area contributed by atoms with E-state index in [0.29, 0.717) is 27.3 Å². The number of ether oxygens (including phenoxy) is 1. The third-order valence-electron chi connectivity index (χ3n) is 5.02. The quantitative estimate of drug-likeness (QED) is 0.496. The number of thiocarbonyl (C=S) groups is 1. The van der Waals surface area contributed by atoms with Gasteiger partial charge in [-0.2, -0.15) is 0 Å². The van der Waals surface area contributed by atoms with Gasteiger partial charge in [0.15, 0.2) is 6.61 Å². The second-order valence-electron chi connectivity index (χ2n) is 7.15. The molecule has 0 spiro atoms. The number of hydrogen-bond donors (Lipinski definition) is 0. The standard InChI is InChI=1S/C22H22N2O4S2/c25-20(23-10-2-1-3-11-23)15-28-17-8-6-16(7-9-17)13-19-21(26)24(22(29)30-19)14-18-5-4-12-27-18/h4-9,12-13H,1-3,10-11,14-15H2/b19-13-. The minimum absolute atomic E-state index is 0.0269. The molecule has 2 fully saturated rings. The smallest absolute Gasteiger partial charge is 0.266 e. The molecule has 0 bridgehead atoms. The van der Waals surface area contributed by atoms with Crippen LogP contribution < -0.4 is 4.74 Å². The molecule has 2 amide bonds. The first-order valence-corrected chi connectivity index (χ1v) is 11.1. The zero-order chi connectivity index (χ0) is 20.9. The van der Waals surface area contributed by atoms with Gasteiger partial charge in [0.05, 0.1) is 17.7 Å². The number of carbonyl (C=O) groups excluding carboxylic acids is 2. The number of piperidine rings is 1. The molecular weight excluding hydrogens is 420 g/mol. The van der Waals surface area contributed by atoms with Crippen LogP contribution in [-0.2, 0) is 16.1 Å². The largest absolute Gasteiger partial charge is 0.484 e. The number of amides is 2. The molecule has 0 unspecified atom stereocenters. The predicted molar refractivity (Wildman–Crippen MR) is 120 cm³/mol. The Hall–Kier alpha value is -2.58. The second-order valence-corrected chi connectivity index (χ2v) is 8.82. The van der Waals surface area contributed by atoms with Crippen LogP contribution in [0.25, 0.3) is 6.08 Å². The topological polar surface area (TPSA) is 63.0 Å². The molecule has 0 saturated carbocycles. The molecule has 4 rings (SSSR count). The van der Waals surface area contributed by atoms with Crippen LogP contribution in [-0.4, -0.2) is 45.6 Å². The Kier molecular flexibility index (Phi) is 6.54. The van der Waals surface area contributed by atoms with E-state index in [0.717, 1.165) is 31.5 Å². The lowest BCUT2D eigenvalue weighted by Crippen LogP contribution is -2.38. The third-order valence-corrected chi connectivity index (χ3v) is 6.39. The average molecular weight is 443 g/mol. The van der Waals surface area contributed by atoms with E-state index in [2.05, 4.69) is 0 Å². The summed E-state index contributed by atoms with van der Waals surface area (Å²) in [6.45, 7) is 2.01. The number of thioether (sulfide) groups is 1. The Balaban J connectivity index is 1.34. The van der Waals surface area contributed by atoms with Crippen molar-refractivity contribution in [2.45, 2.75) is 25.8 Å². The molecule has 0 radical (unpaired) electrons. The van der Waals surface area contributed by atoms with Gasteiger partial charge >= 0.3 is 0 Å². The van der Waals surface area contributed by atoms with Crippen molar-refractivity contribution in [1.29, 1.82) is 0 Å². The normalized spacial score (nSPS) is 18.3. The van der Waals surface area contributed by atoms with E-state index in [-0.39, 0.29) is 18.4 Å². The summed E-state index contributed by atoms with van der Waals surface area (Å²) < 4.78 is 11.5. The van der Waals surface area contributed by atoms with Crippen LogP contribution >= 0.6 is 24.0 Å². The Morgan fingerprint density at radius 3 is 2.63 bits per heavy atom. The van der Waals surface area contributed by atoms with Gasteiger partial charge in [0, 0.05) is 13.1 Å². The van der Waals surface area contributed by atoms with Crippen LogP contribution in [0.2, 0.25) is 0 Å². The molecule has 2 aromatic rings. The van der Waals surface area contributed by atoms with Crippen LogP contribution in [0.1, 0.15) is 30.6 Å². The molecule has 2 aliphatic heterocycles. The zero-order valence-electron chi connectivity index (χ0n) is 16.4. The van der Waals surface area contributed by atoms with Gasteiger partial charge < -0.3 is 14.1 Å². The summed E-state index contributed by atoms with van der Waals surface area (Å²) in [4.78, 5) is 28.9. The van der Waals surface area contributed by atoms with Crippen LogP contribution in [0.15, 0.2) is 52.0 Å². The van der Waals surface area contributed by atoms with Crippen molar-refractivity contribution in [3.8, 4) is 5.75 Å². The van der Waals surface area contributed by atoms with E-state index in [1.807, 2.05) is 29.2 Å². The summed E-state index contributed by atoms with van der Waals surface area (Å²) in [7, 11) is 0. The lowest BCUT2D eigenvalue weighted by molar-refractivity contribution is -0.134. The van der Waals surface area contributed by atoms with Crippen molar-refractivity contribution in [2.24, 2.45) is 0 Å². The predicted octanol–water partition coefficient (Wildman–Crippen LogP) is 4.07. The molecule has 1 aromatic carbocycles. The van der Waals surface area contributed by atoms with E-state index >= 15 is 0 Å². The molecule has 1 aromatic heterocycles. The van der Waals surface area contributed by atoms with Gasteiger partial charge in [-0.05, 0) is 55.2 Å². The van der Waals surface area contributed by atoms with Crippen LogP contribution in [0.3, 0.4) is 0 Å². The van der Waals surface area contributed by atoms with E-state index in [4.69, 9.17) is 21.4 Å². The zero-order valence-corrected chi connectivity index (χ0v) is 18.0. The Labute approximate surface area is 184 Å². The minimum atomic E-state index is -0.131. The van der Waals surface area contributed by atoms with Gasteiger partial charge in [-0.1, -0.05) is 36.1 Å². The molecule has 8 heteroatoms. The van der Waals surface area contributed by atoms with E-state index in [1.165, 1.54) is 23.1 Å². The fourth-order valence-corrected chi connectivity index (χ4v) is 4.64. The van der Waals surface area contributed by atoms with E-state index in [1.54, 1.807) is 24.5 Å². The highest BCUT2D eigenvalue weighted by Gasteiger charge is 2.32. The van der Waals surface area contributed by atoms with Crippen molar-refractivity contribution < 1.29 is 18.7 Å². The number of nitrogens with zero attached hydrogens (tertiary/aromatic N) is 2. The maximum absolute atomic E-state index is 12.7. The molecule has 0 atom stereocenters. The van der Waals surface area contributed by atoms with E-state index < -0.39 is 0 Å². The molecule has 2 saturated heterocycles. The monoisotopic (exact) mass is 442 g/mol. The summed E-state index contributed by atoms with van der Waals surface area (Å²) in [5.74, 6) is 1.21. The molecule has 6 nitrogen and oxygen atoms in total. The molecule has 0 N–H and O–H groups in total. The van der Waals surface area contributed by atoms with E-state index in [9.17, 15) is 9.59 Å². The van der Waals surface area contributed by atoms with Crippen LogP contribution in [0, 0.1) is 0 Å². The first-order chi connectivity index (χ1) is 14.6. The van der Waals surface area contributed by atoms with Crippen molar-refractivity contribution in [2.75, 3.05) is 19.7 Å². The van der Waals surface area contributed by atoms with Crippen molar-refractivity contribution in [3.63, 3.8) is 0 Å². The molecule has 156 valence electrons. The lowest BCUT2D eigenvalue weighted by atomic mass is 10.1. The fraction of sp³-hybridized carbons (Fsp3) is 0.318. The Morgan fingerprint density at radius 2 is 1.93 bits per heavy atom. The summed E-state index contributed by atoms with van der Waals surface area (Å²) in [6, 6.07) is 10.9. The first-order valence-electron chi connectivity index (χ1n) is 9.88. The maximum atomic E-state index is 12.7. The van der Waals surface area contributed by atoms with Crippen molar-refractivity contribution >= 4 is 46.2 Å². The number of hydrogen-bond acceptors (Lipinski definition) is 6. The summed E-state index contributed by atoms with van der Waals surface area (Å²) in [5.41, 5.74) is 0.864. The van der Waals surface area contributed by atoms with Crippen LogP contribution in [0.5, 0.6) is 5.75 Å². The molecule has 2 aliphatic rings. The van der Waals surface area contributed by atoms with Gasteiger partial charge in [0.2, 0.25) is 0 Å². The highest BCUT2D eigenvalue weighted by molar-refractivity contribution is 8.26. The van der Waals surface area contributed by atoms with Crippen molar-refractivity contribution in [1.82, 2.24) is 9.80 Å². The van der Waals surface area contributed by atoms with Gasteiger partial charge in [-0.3, -0.25) is 14.5 Å². The van der Waals surface area contributed by atoms with Gasteiger partial charge in [-0.15, -0.1) is 0 Å². The lowest BCUT2D eigenvalue weighted by Gasteiger charge is -2.26. The third kappa shape index (κ3) is 4.94. The Morgan fingerprint density at radius 1 is 1.17 bits per heavy atom. The highest BCUT2D eigenvalue weighted by Crippen LogP contribution is 2.33. The van der Waals surface area contributed by atoms with Gasteiger partial charge in [-0.25, -0.2) is 0 Å². The summed E-state index contributed by atoms with van der Waals surface area (Å²) in [6.07, 6.45) is 6.70. The number of benzene rings is 1. The number of furan rings is 1. The number of carbonyl (C=O) groups is 2. The summed E-state index contributed by atoms with van der Waals surface area (Å²) >= 11 is 6.63. The Bertz CT molecular complexity index is 948. The SMILES string of the molecule is O=C(COc1ccc(/C=C2\SC(=S)N(Cc3ccco3)C2=O)cc1)N1CCCCC1. The van der Waals surface area contributed by atoms with Crippen LogP contribution in [0.4, 0.5) is 0 Å². The second kappa shape index (κ2) is 9.49.